The normalized spacial score (nSPS) is 26.3. The zero-order valence-corrected chi connectivity index (χ0v) is 10.9. The van der Waals surface area contributed by atoms with E-state index in [1.807, 2.05) is 13.2 Å². The molecule has 1 fully saturated rings. The maximum Gasteiger partial charge on any atom is 0.0911 e. The quantitative estimate of drug-likeness (QED) is 0.829. The summed E-state index contributed by atoms with van der Waals surface area (Å²) in [6.07, 6.45) is 2.07. The number of rotatable bonds is 4. The number of nitrogens with one attached hydrogen (secondary N) is 1. The molecule has 0 aliphatic carbocycles. The summed E-state index contributed by atoms with van der Waals surface area (Å²) in [7, 11) is 4.12. The Kier molecular flexibility index (Phi) is 4.15. The molecule has 0 aromatic carbocycles. The third-order valence-electron chi connectivity index (χ3n) is 3.36. The predicted octanol–water partition coefficient (Wildman–Crippen LogP) is 0.494. The molecule has 96 valence electrons. The van der Waals surface area contributed by atoms with Gasteiger partial charge in [-0.05, 0) is 27.1 Å². The number of ether oxygens (including phenoxy) is 1. The number of hydrogen-bond donors (Lipinski definition) is 1. The Bertz CT molecular complexity index is 350. The van der Waals surface area contributed by atoms with Crippen molar-refractivity contribution in [2.24, 2.45) is 0 Å². The van der Waals surface area contributed by atoms with Gasteiger partial charge in [0.25, 0.3) is 0 Å². The number of likely N-dealkylation sites (N-methyl/N-ethyl adjacent to an activating group) is 2. The van der Waals surface area contributed by atoms with Crippen molar-refractivity contribution in [1.82, 2.24) is 20.0 Å². The fourth-order valence-electron chi connectivity index (χ4n) is 2.51. The summed E-state index contributed by atoms with van der Waals surface area (Å²) in [6, 6.07) is 2.39. The maximum absolute atomic E-state index is 5.88. The third-order valence-corrected chi connectivity index (χ3v) is 3.36. The van der Waals surface area contributed by atoms with E-state index in [4.69, 9.17) is 4.74 Å². The van der Waals surface area contributed by atoms with Crippen LogP contribution in [-0.4, -0.2) is 54.6 Å². The second kappa shape index (κ2) is 5.62. The van der Waals surface area contributed by atoms with Gasteiger partial charge in [0.15, 0.2) is 0 Å². The molecule has 17 heavy (non-hydrogen) atoms. The van der Waals surface area contributed by atoms with Gasteiger partial charge in [-0.3, -0.25) is 9.58 Å². The molecular formula is C12H22N4O. The lowest BCUT2D eigenvalue weighted by Crippen LogP contribution is -2.47. The minimum absolute atomic E-state index is 0.195. The largest absolute Gasteiger partial charge is 0.374 e. The van der Waals surface area contributed by atoms with Crippen molar-refractivity contribution < 1.29 is 4.74 Å². The highest BCUT2D eigenvalue weighted by Gasteiger charge is 2.32. The van der Waals surface area contributed by atoms with E-state index in [2.05, 4.69) is 40.0 Å². The van der Waals surface area contributed by atoms with Crippen molar-refractivity contribution in [1.29, 1.82) is 0 Å². The molecule has 0 spiro atoms. The SMILES string of the molecule is CCn1nccc1C1C(CNC)OCCN1C. The molecule has 0 radical (unpaired) electrons. The van der Waals surface area contributed by atoms with Crippen LogP contribution in [0.15, 0.2) is 12.3 Å². The fraction of sp³-hybridized carbons (Fsp3) is 0.750. The predicted molar refractivity (Wildman–Crippen MR) is 66.9 cm³/mol. The van der Waals surface area contributed by atoms with Crippen molar-refractivity contribution in [2.75, 3.05) is 33.8 Å². The van der Waals surface area contributed by atoms with E-state index in [-0.39, 0.29) is 6.10 Å². The van der Waals surface area contributed by atoms with Crippen LogP contribution >= 0.6 is 0 Å². The van der Waals surface area contributed by atoms with Gasteiger partial charge in [0, 0.05) is 25.8 Å². The van der Waals surface area contributed by atoms with Crippen LogP contribution in [0.3, 0.4) is 0 Å². The Morgan fingerprint density at radius 1 is 1.59 bits per heavy atom. The number of aromatic nitrogens is 2. The Hall–Kier alpha value is -0.910. The molecule has 1 aliphatic rings. The second-order valence-electron chi connectivity index (χ2n) is 4.46. The van der Waals surface area contributed by atoms with Crippen LogP contribution < -0.4 is 5.32 Å². The zero-order chi connectivity index (χ0) is 12.3. The molecule has 2 atom stereocenters. The monoisotopic (exact) mass is 238 g/mol. The topological polar surface area (TPSA) is 42.3 Å². The highest BCUT2D eigenvalue weighted by molar-refractivity contribution is 5.11. The van der Waals surface area contributed by atoms with Crippen molar-refractivity contribution in [3.63, 3.8) is 0 Å². The fourth-order valence-corrected chi connectivity index (χ4v) is 2.51. The molecule has 0 saturated carbocycles. The van der Waals surface area contributed by atoms with Gasteiger partial charge in [0.2, 0.25) is 0 Å². The van der Waals surface area contributed by atoms with Crippen molar-refractivity contribution in [2.45, 2.75) is 25.6 Å². The standard InChI is InChI=1S/C12H22N4O/c1-4-16-10(5-6-14-16)12-11(9-13-2)17-8-7-15(12)3/h5-6,11-13H,4,7-9H2,1-3H3. The summed E-state index contributed by atoms with van der Waals surface area (Å²) < 4.78 is 7.93. The Labute approximate surface area is 103 Å². The maximum atomic E-state index is 5.88. The minimum atomic E-state index is 0.195. The van der Waals surface area contributed by atoms with Crippen molar-refractivity contribution in [3.8, 4) is 0 Å². The molecule has 1 aromatic rings. The van der Waals surface area contributed by atoms with Crippen LogP contribution in [0.25, 0.3) is 0 Å². The van der Waals surface area contributed by atoms with Crippen molar-refractivity contribution >= 4 is 0 Å². The van der Waals surface area contributed by atoms with Crippen LogP contribution in [0.4, 0.5) is 0 Å². The highest BCUT2D eigenvalue weighted by Crippen LogP contribution is 2.27. The number of morpholine rings is 1. The summed E-state index contributed by atoms with van der Waals surface area (Å²) in [5, 5.41) is 7.56. The van der Waals surface area contributed by atoms with Gasteiger partial charge >= 0.3 is 0 Å². The van der Waals surface area contributed by atoms with Gasteiger partial charge in [-0.2, -0.15) is 5.10 Å². The molecule has 0 amide bonds. The Morgan fingerprint density at radius 2 is 2.41 bits per heavy atom. The summed E-state index contributed by atoms with van der Waals surface area (Å²) in [5.74, 6) is 0. The van der Waals surface area contributed by atoms with Crippen LogP contribution in [-0.2, 0) is 11.3 Å². The third kappa shape index (κ3) is 2.51. The lowest BCUT2D eigenvalue weighted by molar-refractivity contribution is -0.0632. The van der Waals surface area contributed by atoms with Crippen molar-refractivity contribution in [3.05, 3.63) is 18.0 Å². The number of nitrogens with zero attached hydrogens (tertiary/aromatic N) is 3. The number of aryl methyl sites for hydroxylation is 1. The zero-order valence-electron chi connectivity index (χ0n) is 10.9. The van der Waals surface area contributed by atoms with E-state index in [9.17, 15) is 0 Å². The first-order chi connectivity index (χ1) is 8.27. The van der Waals surface area contributed by atoms with Gasteiger partial charge in [-0.15, -0.1) is 0 Å². The van der Waals surface area contributed by atoms with Gasteiger partial charge < -0.3 is 10.1 Å². The molecule has 0 bridgehead atoms. The summed E-state index contributed by atoms with van der Waals surface area (Å²) in [5.41, 5.74) is 1.25. The summed E-state index contributed by atoms with van der Waals surface area (Å²) >= 11 is 0. The van der Waals surface area contributed by atoms with Crippen LogP contribution in [0.5, 0.6) is 0 Å². The van der Waals surface area contributed by atoms with E-state index in [1.165, 1.54) is 5.69 Å². The summed E-state index contributed by atoms with van der Waals surface area (Å²) in [6.45, 7) is 5.66. The van der Waals surface area contributed by atoms with E-state index >= 15 is 0 Å². The first-order valence-electron chi connectivity index (χ1n) is 6.26. The van der Waals surface area contributed by atoms with E-state index in [1.54, 1.807) is 0 Å². The summed E-state index contributed by atoms with van der Waals surface area (Å²) in [4.78, 5) is 2.36. The Morgan fingerprint density at radius 3 is 3.12 bits per heavy atom. The highest BCUT2D eigenvalue weighted by atomic mass is 16.5. The van der Waals surface area contributed by atoms with Gasteiger partial charge in [-0.1, -0.05) is 0 Å². The first kappa shape index (κ1) is 12.5. The van der Waals surface area contributed by atoms with Crippen LogP contribution in [0, 0.1) is 0 Å². The minimum Gasteiger partial charge on any atom is -0.374 e. The van der Waals surface area contributed by atoms with E-state index < -0.39 is 0 Å². The van der Waals surface area contributed by atoms with E-state index in [0.717, 1.165) is 26.2 Å². The van der Waals surface area contributed by atoms with Gasteiger partial charge in [0.1, 0.15) is 0 Å². The lowest BCUT2D eigenvalue weighted by Gasteiger charge is -2.39. The molecule has 1 aromatic heterocycles. The molecule has 1 aliphatic heterocycles. The smallest absolute Gasteiger partial charge is 0.0911 e. The average Bonchev–Trinajstić information content (AvgIpc) is 2.77. The molecule has 5 nitrogen and oxygen atoms in total. The molecular weight excluding hydrogens is 216 g/mol. The molecule has 2 rings (SSSR count). The Balaban J connectivity index is 2.24. The molecule has 1 saturated heterocycles. The first-order valence-corrected chi connectivity index (χ1v) is 6.26. The van der Waals surface area contributed by atoms with Gasteiger partial charge in [0.05, 0.1) is 24.4 Å². The molecule has 1 N–H and O–H groups in total. The van der Waals surface area contributed by atoms with E-state index in [0.29, 0.717) is 6.04 Å². The molecule has 5 heteroatoms. The molecule has 2 heterocycles. The molecule has 2 unspecified atom stereocenters. The number of hydrogen-bond acceptors (Lipinski definition) is 4. The average molecular weight is 238 g/mol. The van der Waals surface area contributed by atoms with Gasteiger partial charge in [-0.25, -0.2) is 0 Å². The van der Waals surface area contributed by atoms with Crippen LogP contribution in [0.2, 0.25) is 0 Å². The van der Waals surface area contributed by atoms with Crippen LogP contribution in [0.1, 0.15) is 18.7 Å². The lowest BCUT2D eigenvalue weighted by atomic mass is 10.0. The second-order valence-corrected chi connectivity index (χ2v) is 4.46.